The van der Waals surface area contributed by atoms with Gasteiger partial charge in [0.25, 0.3) is 5.91 Å². The summed E-state index contributed by atoms with van der Waals surface area (Å²) in [7, 11) is 0. The molecule has 1 aromatic carbocycles. The van der Waals surface area contributed by atoms with Crippen molar-refractivity contribution in [2.24, 2.45) is 5.92 Å². The lowest BCUT2D eigenvalue weighted by Crippen LogP contribution is -2.28. The first-order chi connectivity index (χ1) is 7.70. The van der Waals surface area contributed by atoms with E-state index in [-0.39, 0.29) is 5.91 Å². The smallest absolute Gasteiger partial charge is 0.253 e. The van der Waals surface area contributed by atoms with Crippen LogP contribution >= 0.6 is 38.5 Å². The first-order valence-corrected chi connectivity index (χ1v) is 7.51. The molecule has 0 bridgehead atoms. The molecule has 2 rings (SSSR count). The van der Waals surface area contributed by atoms with Crippen molar-refractivity contribution in [3.8, 4) is 0 Å². The van der Waals surface area contributed by atoms with Gasteiger partial charge < -0.3 is 4.90 Å². The van der Waals surface area contributed by atoms with Gasteiger partial charge in [-0.1, -0.05) is 22.0 Å². The van der Waals surface area contributed by atoms with Crippen LogP contribution in [0.2, 0.25) is 0 Å². The van der Waals surface area contributed by atoms with E-state index in [9.17, 15) is 4.79 Å². The number of alkyl halides is 1. The zero-order valence-corrected chi connectivity index (χ0v) is 12.6. The predicted molar refractivity (Wildman–Crippen MR) is 77.0 cm³/mol. The van der Waals surface area contributed by atoms with Gasteiger partial charge in [-0.2, -0.15) is 0 Å². The van der Waals surface area contributed by atoms with E-state index in [1.165, 1.54) is 0 Å². The number of carbonyl (C=O) groups excluding carboxylic acids is 1. The van der Waals surface area contributed by atoms with Gasteiger partial charge in [-0.25, -0.2) is 0 Å². The molecule has 16 heavy (non-hydrogen) atoms. The summed E-state index contributed by atoms with van der Waals surface area (Å²) < 4.78 is 1.11. The Morgan fingerprint density at radius 1 is 1.56 bits per heavy atom. The van der Waals surface area contributed by atoms with Crippen molar-refractivity contribution in [1.29, 1.82) is 0 Å². The highest BCUT2D eigenvalue weighted by atomic mass is 127. The minimum Gasteiger partial charge on any atom is -0.338 e. The Morgan fingerprint density at radius 2 is 2.38 bits per heavy atom. The average Bonchev–Trinajstić information content (AvgIpc) is 2.76. The minimum absolute atomic E-state index is 0.168. The van der Waals surface area contributed by atoms with E-state index in [0.717, 1.165) is 34.0 Å². The largest absolute Gasteiger partial charge is 0.338 e. The zero-order chi connectivity index (χ0) is 11.5. The van der Waals surface area contributed by atoms with Crippen LogP contribution in [0.4, 0.5) is 0 Å². The predicted octanol–water partition coefficient (Wildman–Crippen LogP) is 3.15. The van der Waals surface area contributed by atoms with E-state index in [1.807, 2.05) is 29.2 Å². The third kappa shape index (κ3) is 2.77. The molecule has 1 amide bonds. The average molecular weight is 394 g/mol. The molecule has 1 unspecified atom stereocenters. The molecule has 0 spiro atoms. The fourth-order valence-electron chi connectivity index (χ4n) is 1.95. The Morgan fingerprint density at radius 3 is 3.00 bits per heavy atom. The second-order valence-electron chi connectivity index (χ2n) is 4.07. The van der Waals surface area contributed by atoms with Crippen molar-refractivity contribution in [3.05, 3.63) is 33.4 Å². The van der Waals surface area contributed by atoms with Crippen LogP contribution in [0.1, 0.15) is 16.8 Å². The van der Waals surface area contributed by atoms with Gasteiger partial charge in [0.05, 0.1) is 0 Å². The van der Waals surface area contributed by atoms with Gasteiger partial charge in [0.2, 0.25) is 0 Å². The van der Waals surface area contributed by atoms with Crippen LogP contribution < -0.4 is 0 Å². The number of rotatable bonds is 2. The standard InChI is InChI=1S/C12H13BrINO/c13-7-9-4-5-15(8-9)12(16)10-2-1-3-11(14)6-10/h1-3,6,9H,4-5,7-8H2. The molecule has 2 nitrogen and oxygen atoms in total. The van der Waals surface area contributed by atoms with Crippen LogP contribution in [-0.4, -0.2) is 29.2 Å². The summed E-state index contributed by atoms with van der Waals surface area (Å²) in [5.41, 5.74) is 0.808. The van der Waals surface area contributed by atoms with E-state index in [1.54, 1.807) is 0 Å². The van der Waals surface area contributed by atoms with Crippen molar-refractivity contribution in [2.75, 3.05) is 18.4 Å². The molecule has 1 aliphatic rings. The van der Waals surface area contributed by atoms with Crippen LogP contribution in [-0.2, 0) is 0 Å². The Balaban J connectivity index is 2.08. The van der Waals surface area contributed by atoms with Crippen molar-refractivity contribution < 1.29 is 4.79 Å². The lowest BCUT2D eigenvalue weighted by atomic mass is 10.2. The number of carbonyl (C=O) groups is 1. The normalized spacial score (nSPS) is 20.1. The number of hydrogen-bond donors (Lipinski definition) is 0. The molecule has 1 heterocycles. The molecular weight excluding hydrogens is 381 g/mol. The summed E-state index contributed by atoms with van der Waals surface area (Å²) in [5, 5.41) is 0.989. The maximum atomic E-state index is 12.2. The number of benzene rings is 1. The van der Waals surface area contributed by atoms with Gasteiger partial charge in [-0.15, -0.1) is 0 Å². The maximum Gasteiger partial charge on any atom is 0.253 e. The third-order valence-corrected chi connectivity index (χ3v) is 4.45. The van der Waals surface area contributed by atoms with E-state index in [4.69, 9.17) is 0 Å². The molecule has 1 aromatic rings. The van der Waals surface area contributed by atoms with Crippen LogP contribution in [0.5, 0.6) is 0 Å². The summed E-state index contributed by atoms with van der Waals surface area (Å²) in [5.74, 6) is 0.786. The highest BCUT2D eigenvalue weighted by Crippen LogP contribution is 2.20. The molecule has 0 aliphatic carbocycles. The van der Waals surface area contributed by atoms with Gasteiger partial charge in [-0.3, -0.25) is 4.79 Å². The van der Waals surface area contributed by atoms with Crippen LogP contribution in [0.25, 0.3) is 0 Å². The summed E-state index contributed by atoms with van der Waals surface area (Å²) in [4.78, 5) is 14.1. The first-order valence-electron chi connectivity index (χ1n) is 5.31. The highest BCUT2D eigenvalue weighted by molar-refractivity contribution is 14.1. The molecule has 4 heteroatoms. The maximum absolute atomic E-state index is 12.2. The monoisotopic (exact) mass is 393 g/mol. The summed E-state index contributed by atoms with van der Waals surface area (Å²) >= 11 is 5.72. The molecule has 1 saturated heterocycles. The molecule has 0 aromatic heterocycles. The van der Waals surface area contributed by atoms with Gasteiger partial charge in [0.1, 0.15) is 0 Å². The second kappa shape index (κ2) is 5.49. The molecule has 0 N–H and O–H groups in total. The van der Waals surface area contributed by atoms with Crippen molar-refractivity contribution >= 4 is 44.4 Å². The molecule has 1 fully saturated rings. The number of likely N-dealkylation sites (tertiary alicyclic amines) is 1. The number of amides is 1. The summed E-state index contributed by atoms with van der Waals surface area (Å²) in [6.07, 6.45) is 1.11. The number of halogens is 2. The Bertz CT molecular complexity index is 396. The van der Waals surface area contributed by atoms with E-state index >= 15 is 0 Å². The Hall–Kier alpha value is -0.100. The quantitative estimate of drug-likeness (QED) is 0.558. The molecule has 0 radical (unpaired) electrons. The van der Waals surface area contributed by atoms with Crippen molar-refractivity contribution in [2.45, 2.75) is 6.42 Å². The Labute approximate surface area is 118 Å². The first kappa shape index (κ1) is 12.4. The third-order valence-electron chi connectivity index (χ3n) is 2.86. The summed E-state index contributed by atoms with van der Waals surface area (Å²) in [6, 6.07) is 7.78. The lowest BCUT2D eigenvalue weighted by molar-refractivity contribution is 0.0788. The SMILES string of the molecule is O=C(c1cccc(I)c1)N1CCC(CBr)C1. The fraction of sp³-hybridized carbons (Fsp3) is 0.417. The zero-order valence-electron chi connectivity index (χ0n) is 8.83. The highest BCUT2D eigenvalue weighted by Gasteiger charge is 2.25. The van der Waals surface area contributed by atoms with Gasteiger partial charge in [0.15, 0.2) is 0 Å². The van der Waals surface area contributed by atoms with Crippen LogP contribution in [0.15, 0.2) is 24.3 Å². The van der Waals surface area contributed by atoms with Gasteiger partial charge in [0, 0.05) is 27.6 Å². The minimum atomic E-state index is 0.168. The molecular formula is C12H13BrINO. The van der Waals surface area contributed by atoms with Crippen molar-refractivity contribution in [3.63, 3.8) is 0 Å². The van der Waals surface area contributed by atoms with Crippen molar-refractivity contribution in [1.82, 2.24) is 4.90 Å². The number of hydrogen-bond acceptors (Lipinski definition) is 1. The van der Waals surface area contributed by atoms with Gasteiger partial charge >= 0.3 is 0 Å². The molecule has 1 atom stereocenters. The van der Waals surface area contributed by atoms with E-state index in [2.05, 4.69) is 38.5 Å². The van der Waals surface area contributed by atoms with E-state index < -0.39 is 0 Å². The Kier molecular flexibility index (Phi) is 4.24. The van der Waals surface area contributed by atoms with Crippen LogP contribution in [0, 0.1) is 9.49 Å². The fourth-order valence-corrected chi connectivity index (χ4v) is 3.02. The van der Waals surface area contributed by atoms with Crippen LogP contribution in [0.3, 0.4) is 0 Å². The van der Waals surface area contributed by atoms with E-state index in [0.29, 0.717) is 5.92 Å². The molecule has 1 aliphatic heterocycles. The summed E-state index contributed by atoms with van der Waals surface area (Å²) in [6.45, 7) is 1.77. The van der Waals surface area contributed by atoms with Gasteiger partial charge in [-0.05, 0) is 53.1 Å². The number of nitrogens with zero attached hydrogens (tertiary/aromatic N) is 1. The molecule has 86 valence electrons. The second-order valence-corrected chi connectivity index (χ2v) is 5.96. The topological polar surface area (TPSA) is 20.3 Å². The molecule has 0 saturated carbocycles. The lowest BCUT2D eigenvalue weighted by Gasteiger charge is -2.16.